The Morgan fingerprint density at radius 2 is 1.62 bits per heavy atom. The minimum atomic E-state index is -0.896. The second-order valence-electron chi connectivity index (χ2n) is 8.57. The summed E-state index contributed by atoms with van der Waals surface area (Å²) in [6, 6.07) is 15.3. The number of fused-ring (bicyclic) bond motifs is 3. The molecular weight excluding hydrogens is 408 g/mol. The molecule has 2 unspecified atom stereocenters. The lowest BCUT2D eigenvalue weighted by atomic mass is 9.76. The van der Waals surface area contributed by atoms with Crippen LogP contribution in [0.1, 0.15) is 43.2 Å². The summed E-state index contributed by atoms with van der Waals surface area (Å²) in [5.74, 6) is -1.86. The second-order valence-corrected chi connectivity index (χ2v) is 8.57. The summed E-state index contributed by atoms with van der Waals surface area (Å²) in [7, 11) is 0. The van der Waals surface area contributed by atoms with E-state index < -0.39 is 29.9 Å². The summed E-state index contributed by atoms with van der Waals surface area (Å²) in [5.41, 5.74) is 4.51. The number of aliphatic carboxylic acids is 1. The van der Waals surface area contributed by atoms with Crippen LogP contribution in [-0.4, -0.2) is 42.3 Å². The number of carbonyl (C=O) groups is 3. The highest BCUT2D eigenvalue weighted by molar-refractivity contribution is 5.85. The van der Waals surface area contributed by atoms with Gasteiger partial charge in [0.25, 0.3) is 0 Å². The molecule has 2 aliphatic rings. The maximum atomic E-state index is 12.3. The van der Waals surface area contributed by atoms with Crippen LogP contribution in [0, 0.1) is 11.8 Å². The number of nitrogens with one attached hydrogen (secondary N) is 2. The van der Waals surface area contributed by atoms with E-state index in [0.717, 1.165) is 41.5 Å². The smallest absolute Gasteiger partial charge is 0.407 e. The van der Waals surface area contributed by atoms with Gasteiger partial charge in [-0.2, -0.15) is 0 Å². The van der Waals surface area contributed by atoms with Crippen molar-refractivity contribution in [2.24, 2.45) is 11.8 Å². The molecule has 2 aromatic rings. The molecule has 4 rings (SSSR count). The van der Waals surface area contributed by atoms with Gasteiger partial charge in [-0.05, 0) is 47.9 Å². The van der Waals surface area contributed by atoms with Crippen LogP contribution in [0.25, 0.3) is 11.1 Å². The molecule has 2 aliphatic carbocycles. The van der Waals surface area contributed by atoms with E-state index in [1.54, 1.807) is 6.92 Å². The van der Waals surface area contributed by atoms with Crippen LogP contribution in [0.5, 0.6) is 0 Å². The van der Waals surface area contributed by atoms with Crippen LogP contribution in [0.3, 0.4) is 0 Å². The Bertz CT molecular complexity index is 971. The van der Waals surface area contributed by atoms with Crippen molar-refractivity contribution in [1.82, 2.24) is 10.6 Å². The summed E-state index contributed by atoms with van der Waals surface area (Å²) in [6.07, 6.45) is 2.10. The van der Waals surface area contributed by atoms with E-state index >= 15 is 0 Å². The fourth-order valence-electron chi connectivity index (χ4n) is 4.54. The van der Waals surface area contributed by atoms with E-state index in [1.807, 2.05) is 36.4 Å². The molecule has 168 valence electrons. The highest BCUT2D eigenvalue weighted by Gasteiger charge is 2.33. The van der Waals surface area contributed by atoms with Crippen LogP contribution in [0.15, 0.2) is 48.5 Å². The predicted octanol–water partition coefficient (Wildman–Crippen LogP) is 3.53. The van der Waals surface area contributed by atoms with Crippen LogP contribution in [0.4, 0.5) is 4.79 Å². The first-order chi connectivity index (χ1) is 15.5. The van der Waals surface area contributed by atoms with Crippen molar-refractivity contribution in [3.63, 3.8) is 0 Å². The van der Waals surface area contributed by atoms with E-state index in [4.69, 9.17) is 4.74 Å². The Hall–Kier alpha value is -3.35. The second kappa shape index (κ2) is 9.42. The molecule has 0 radical (unpaired) electrons. The van der Waals surface area contributed by atoms with Gasteiger partial charge >= 0.3 is 12.1 Å². The molecule has 1 saturated carbocycles. The molecule has 0 aliphatic heterocycles. The van der Waals surface area contributed by atoms with Gasteiger partial charge in [0.15, 0.2) is 0 Å². The molecule has 1 fully saturated rings. The quantitative estimate of drug-likeness (QED) is 0.587. The molecule has 7 nitrogen and oxygen atoms in total. The van der Waals surface area contributed by atoms with E-state index in [2.05, 4.69) is 22.8 Å². The lowest BCUT2D eigenvalue weighted by Gasteiger charge is -2.31. The number of hydrogen-bond donors (Lipinski definition) is 3. The molecule has 0 saturated heterocycles. The van der Waals surface area contributed by atoms with Gasteiger partial charge in [0.2, 0.25) is 5.91 Å². The van der Waals surface area contributed by atoms with E-state index in [0.29, 0.717) is 0 Å². The van der Waals surface area contributed by atoms with Crippen LogP contribution in [-0.2, 0) is 14.3 Å². The Morgan fingerprint density at radius 3 is 2.16 bits per heavy atom. The number of alkyl carbamates (subject to hydrolysis) is 1. The molecular formula is C25H28N2O5. The van der Waals surface area contributed by atoms with Crippen molar-refractivity contribution in [3.05, 3.63) is 59.7 Å². The minimum Gasteiger partial charge on any atom is -0.481 e. The maximum absolute atomic E-state index is 12.3. The first kappa shape index (κ1) is 21.9. The van der Waals surface area contributed by atoms with Gasteiger partial charge in [0.1, 0.15) is 12.6 Å². The van der Waals surface area contributed by atoms with Crippen molar-refractivity contribution in [1.29, 1.82) is 0 Å². The zero-order valence-electron chi connectivity index (χ0n) is 18.0. The highest BCUT2D eigenvalue weighted by atomic mass is 16.5. The van der Waals surface area contributed by atoms with Gasteiger partial charge in [-0.1, -0.05) is 55.0 Å². The third-order valence-corrected chi connectivity index (χ3v) is 6.60. The topological polar surface area (TPSA) is 105 Å². The van der Waals surface area contributed by atoms with Gasteiger partial charge in [-0.25, -0.2) is 4.79 Å². The number of amides is 2. The molecule has 2 amide bonds. The van der Waals surface area contributed by atoms with Crippen LogP contribution >= 0.6 is 0 Å². The Kier molecular flexibility index (Phi) is 6.44. The number of benzene rings is 2. The SMILES string of the molecule is CC(NC(=O)OCC1c2ccccc2-c2ccccc21)C(=O)NCC(C(=O)O)C1CCC1. The molecule has 2 atom stereocenters. The van der Waals surface area contributed by atoms with Crippen molar-refractivity contribution >= 4 is 18.0 Å². The summed E-state index contributed by atoms with van der Waals surface area (Å²) in [5, 5.41) is 14.6. The summed E-state index contributed by atoms with van der Waals surface area (Å²) in [4.78, 5) is 36.1. The molecule has 32 heavy (non-hydrogen) atoms. The van der Waals surface area contributed by atoms with Gasteiger partial charge in [0.05, 0.1) is 5.92 Å². The molecule has 0 spiro atoms. The van der Waals surface area contributed by atoms with Gasteiger partial charge in [0, 0.05) is 12.5 Å². The van der Waals surface area contributed by atoms with E-state index in [-0.39, 0.29) is 25.0 Å². The lowest BCUT2D eigenvalue weighted by molar-refractivity contribution is -0.144. The van der Waals surface area contributed by atoms with Gasteiger partial charge in [-0.15, -0.1) is 0 Å². The number of hydrogen-bond acceptors (Lipinski definition) is 4. The fraction of sp³-hybridized carbons (Fsp3) is 0.400. The molecule has 0 bridgehead atoms. The minimum absolute atomic E-state index is 0.0592. The Balaban J connectivity index is 1.29. The van der Waals surface area contributed by atoms with Crippen molar-refractivity contribution in [3.8, 4) is 11.1 Å². The predicted molar refractivity (Wildman–Crippen MR) is 119 cm³/mol. The number of carboxylic acid groups (broad SMARTS) is 1. The number of rotatable bonds is 8. The number of carboxylic acids is 1. The monoisotopic (exact) mass is 436 g/mol. The van der Waals surface area contributed by atoms with Crippen molar-refractivity contribution < 1.29 is 24.2 Å². The summed E-state index contributed by atoms with van der Waals surface area (Å²) in [6.45, 7) is 1.78. The average molecular weight is 437 g/mol. The van der Waals surface area contributed by atoms with Crippen LogP contribution < -0.4 is 10.6 Å². The zero-order valence-corrected chi connectivity index (χ0v) is 18.0. The maximum Gasteiger partial charge on any atom is 0.407 e. The summed E-state index contributed by atoms with van der Waals surface area (Å²) < 4.78 is 5.46. The Labute approximate surface area is 187 Å². The van der Waals surface area contributed by atoms with Crippen molar-refractivity contribution in [2.75, 3.05) is 13.2 Å². The third-order valence-electron chi connectivity index (χ3n) is 6.60. The standard InChI is InChI=1S/C25H28N2O5/c1-15(23(28)26-13-21(24(29)30)16-7-6-8-16)27-25(31)32-14-22-19-11-4-2-9-17(19)18-10-3-5-12-20(18)22/h2-5,9-12,15-16,21-22H,6-8,13-14H2,1H3,(H,26,28)(H,27,31)(H,29,30). The Morgan fingerprint density at radius 1 is 1.03 bits per heavy atom. The molecule has 0 aromatic heterocycles. The number of carbonyl (C=O) groups excluding carboxylic acids is 2. The van der Waals surface area contributed by atoms with E-state index in [9.17, 15) is 19.5 Å². The van der Waals surface area contributed by atoms with Crippen LogP contribution in [0.2, 0.25) is 0 Å². The third kappa shape index (κ3) is 4.47. The molecule has 3 N–H and O–H groups in total. The normalized spacial score (nSPS) is 16.8. The van der Waals surface area contributed by atoms with Gasteiger partial charge < -0.3 is 20.5 Å². The molecule has 7 heteroatoms. The summed E-state index contributed by atoms with van der Waals surface area (Å²) >= 11 is 0. The van der Waals surface area contributed by atoms with Crippen molar-refractivity contribution in [2.45, 2.75) is 38.1 Å². The highest BCUT2D eigenvalue weighted by Crippen LogP contribution is 2.44. The first-order valence-corrected chi connectivity index (χ1v) is 11.1. The lowest BCUT2D eigenvalue weighted by Crippen LogP contribution is -2.48. The average Bonchev–Trinajstić information content (AvgIpc) is 3.07. The van der Waals surface area contributed by atoms with E-state index in [1.165, 1.54) is 0 Å². The molecule has 2 aromatic carbocycles. The largest absolute Gasteiger partial charge is 0.481 e. The zero-order chi connectivity index (χ0) is 22.7. The van der Waals surface area contributed by atoms with Gasteiger partial charge in [-0.3, -0.25) is 9.59 Å². The number of ether oxygens (including phenoxy) is 1. The first-order valence-electron chi connectivity index (χ1n) is 11.1. The fourth-order valence-corrected chi connectivity index (χ4v) is 4.54. The molecule has 0 heterocycles.